The Morgan fingerprint density at radius 2 is 1.86 bits per heavy atom. The van der Waals surface area contributed by atoms with Crippen LogP contribution in [-0.4, -0.2) is 23.3 Å². The smallest absolute Gasteiger partial charge is 0.238 e. The number of hydrogen-bond donors (Lipinski definition) is 3. The van der Waals surface area contributed by atoms with Crippen LogP contribution in [0, 0.1) is 5.82 Å². The molecule has 0 atom stereocenters. The van der Waals surface area contributed by atoms with Gasteiger partial charge in [0.1, 0.15) is 5.82 Å². The number of thiocarbonyl (C=S) groups is 1. The first-order chi connectivity index (χ1) is 13.2. The van der Waals surface area contributed by atoms with Crippen molar-refractivity contribution in [3.8, 4) is 0 Å². The van der Waals surface area contributed by atoms with E-state index in [4.69, 9.17) is 29.0 Å². The normalized spacial score (nSPS) is 11.2. The lowest BCUT2D eigenvalue weighted by Crippen LogP contribution is -2.19. The molecule has 1 heterocycles. The van der Waals surface area contributed by atoms with Crippen LogP contribution in [0.15, 0.2) is 59.8 Å². The maximum Gasteiger partial charge on any atom is 0.238 e. The van der Waals surface area contributed by atoms with Gasteiger partial charge in [-0.3, -0.25) is 4.68 Å². The average Bonchev–Trinajstić information content (AvgIpc) is 3.04. The summed E-state index contributed by atoms with van der Waals surface area (Å²) in [7, 11) is -3.74. The van der Waals surface area contributed by atoms with Gasteiger partial charge in [-0.2, -0.15) is 5.10 Å². The first-order valence-corrected chi connectivity index (χ1v) is 10.2. The summed E-state index contributed by atoms with van der Waals surface area (Å²) >= 11 is 11.3. The van der Waals surface area contributed by atoms with Crippen molar-refractivity contribution in [2.24, 2.45) is 5.14 Å². The summed E-state index contributed by atoms with van der Waals surface area (Å²) in [6.45, 7) is 0.371. The standard InChI is InChI=1S/C17H15ClFN5O2S2/c18-16-7-12(19)2-1-11(16)9-24-10-14(8-21-24)23-17(27)22-13-3-5-15(6-4-13)28(20,25)26/h1-8,10H,9H2,(H2,20,25,26)(H2,22,23,27). The molecule has 11 heteroatoms. The van der Waals surface area contributed by atoms with Gasteiger partial charge in [-0.15, -0.1) is 0 Å². The van der Waals surface area contributed by atoms with E-state index < -0.39 is 15.8 Å². The van der Waals surface area contributed by atoms with Crippen molar-refractivity contribution in [1.82, 2.24) is 9.78 Å². The molecule has 28 heavy (non-hydrogen) atoms. The molecule has 0 bridgehead atoms. The van der Waals surface area contributed by atoms with Crippen molar-refractivity contribution >= 4 is 50.3 Å². The SMILES string of the molecule is NS(=O)(=O)c1ccc(NC(=S)Nc2cnn(Cc3ccc(F)cc3Cl)c2)cc1. The van der Waals surface area contributed by atoms with E-state index in [2.05, 4.69) is 15.7 Å². The highest BCUT2D eigenvalue weighted by Gasteiger charge is 2.08. The van der Waals surface area contributed by atoms with E-state index >= 15 is 0 Å². The number of nitrogens with zero attached hydrogens (tertiary/aromatic N) is 2. The average molecular weight is 440 g/mol. The molecule has 0 aliphatic carbocycles. The lowest BCUT2D eigenvalue weighted by molar-refractivity contribution is 0.598. The highest BCUT2D eigenvalue weighted by atomic mass is 35.5. The fraction of sp³-hybridized carbons (Fsp3) is 0.0588. The fourth-order valence-corrected chi connectivity index (χ4v) is 3.34. The number of nitrogens with one attached hydrogen (secondary N) is 2. The van der Waals surface area contributed by atoms with E-state index in [1.165, 1.54) is 24.3 Å². The minimum atomic E-state index is -3.74. The van der Waals surface area contributed by atoms with Crippen LogP contribution < -0.4 is 15.8 Å². The summed E-state index contributed by atoms with van der Waals surface area (Å²) in [6, 6.07) is 10.0. The summed E-state index contributed by atoms with van der Waals surface area (Å²) in [5.74, 6) is -0.398. The summed E-state index contributed by atoms with van der Waals surface area (Å²) in [4.78, 5) is 0.0117. The summed E-state index contributed by atoms with van der Waals surface area (Å²) in [6.07, 6.45) is 3.30. The van der Waals surface area contributed by atoms with Crippen molar-refractivity contribution in [3.63, 3.8) is 0 Å². The third kappa shape index (κ3) is 5.26. The minimum absolute atomic E-state index is 0.0117. The Bertz CT molecular complexity index is 1120. The maximum absolute atomic E-state index is 13.1. The second-order valence-electron chi connectivity index (χ2n) is 5.81. The lowest BCUT2D eigenvalue weighted by atomic mass is 10.2. The molecule has 0 saturated heterocycles. The van der Waals surface area contributed by atoms with Crippen molar-refractivity contribution in [1.29, 1.82) is 0 Å². The van der Waals surface area contributed by atoms with Crippen molar-refractivity contribution in [2.45, 2.75) is 11.4 Å². The van der Waals surface area contributed by atoms with Gasteiger partial charge in [-0.05, 0) is 54.2 Å². The Morgan fingerprint density at radius 3 is 2.50 bits per heavy atom. The second kappa shape index (κ2) is 8.23. The van der Waals surface area contributed by atoms with E-state index in [0.29, 0.717) is 28.1 Å². The Balaban J connectivity index is 1.60. The largest absolute Gasteiger partial charge is 0.332 e. The predicted octanol–water partition coefficient (Wildman–Crippen LogP) is 3.18. The number of hydrogen-bond acceptors (Lipinski definition) is 4. The number of rotatable bonds is 5. The molecule has 2 aromatic carbocycles. The topological polar surface area (TPSA) is 102 Å². The molecule has 7 nitrogen and oxygen atoms in total. The van der Waals surface area contributed by atoms with Crippen molar-refractivity contribution < 1.29 is 12.8 Å². The van der Waals surface area contributed by atoms with Crippen LogP contribution in [-0.2, 0) is 16.6 Å². The molecule has 0 saturated carbocycles. The molecular weight excluding hydrogens is 425 g/mol. The first-order valence-electron chi connectivity index (χ1n) is 7.88. The molecule has 3 rings (SSSR count). The number of nitrogens with two attached hydrogens (primary N) is 1. The molecule has 0 radical (unpaired) electrons. The number of benzene rings is 2. The quantitative estimate of drug-likeness (QED) is 0.528. The Kier molecular flexibility index (Phi) is 5.94. The fourth-order valence-electron chi connectivity index (χ4n) is 2.36. The van der Waals surface area contributed by atoms with E-state index in [-0.39, 0.29) is 4.90 Å². The van der Waals surface area contributed by atoms with Crippen LogP contribution in [0.2, 0.25) is 5.02 Å². The number of anilines is 2. The highest BCUT2D eigenvalue weighted by molar-refractivity contribution is 7.89. The molecule has 0 unspecified atom stereocenters. The minimum Gasteiger partial charge on any atom is -0.332 e. The number of primary sulfonamides is 1. The molecular formula is C17H15ClFN5O2S2. The van der Waals surface area contributed by atoms with Crippen LogP contribution in [0.1, 0.15) is 5.56 Å². The molecule has 3 aromatic rings. The maximum atomic E-state index is 13.1. The first kappa shape index (κ1) is 20.2. The van der Waals surface area contributed by atoms with E-state index in [0.717, 1.165) is 5.56 Å². The molecule has 4 N–H and O–H groups in total. The predicted molar refractivity (Wildman–Crippen MR) is 110 cm³/mol. The number of halogens is 2. The Labute approximate surface area is 171 Å². The lowest BCUT2D eigenvalue weighted by Gasteiger charge is -2.09. The van der Waals surface area contributed by atoms with Gasteiger partial charge in [0.15, 0.2) is 5.11 Å². The molecule has 0 amide bonds. The van der Waals surface area contributed by atoms with E-state index in [1.807, 2.05) is 0 Å². The summed E-state index contributed by atoms with van der Waals surface area (Å²) in [5.41, 5.74) is 1.96. The summed E-state index contributed by atoms with van der Waals surface area (Å²) in [5, 5.41) is 15.8. The molecule has 1 aromatic heterocycles. The third-order valence-corrected chi connectivity index (χ3v) is 5.16. The Hall–Kier alpha value is -2.53. The third-order valence-electron chi connectivity index (χ3n) is 3.68. The van der Waals surface area contributed by atoms with Crippen LogP contribution in [0.3, 0.4) is 0 Å². The zero-order chi connectivity index (χ0) is 20.3. The van der Waals surface area contributed by atoms with Crippen molar-refractivity contribution in [2.75, 3.05) is 10.6 Å². The van der Waals surface area contributed by atoms with Gasteiger partial charge < -0.3 is 10.6 Å². The van der Waals surface area contributed by atoms with Gasteiger partial charge in [0.05, 0.1) is 23.3 Å². The molecule has 0 aliphatic rings. The van der Waals surface area contributed by atoms with Gasteiger partial charge >= 0.3 is 0 Å². The van der Waals surface area contributed by atoms with Gasteiger partial charge in [0, 0.05) is 16.9 Å². The monoisotopic (exact) mass is 439 g/mol. The van der Waals surface area contributed by atoms with Crippen LogP contribution >= 0.6 is 23.8 Å². The zero-order valence-corrected chi connectivity index (χ0v) is 16.7. The zero-order valence-electron chi connectivity index (χ0n) is 14.3. The van der Waals surface area contributed by atoms with Crippen LogP contribution in [0.5, 0.6) is 0 Å². The Morgan fingerprint density at radius 1 is 1.18 bits per heavy atom. The second-order valence-corrected chi connectivity index (χ2v) is 8.19. The van der Waals surface area contributed by atoms with E-state index in [9.17, 15) is 12.8 Å². The van der Waals surface area contributed by atoms with Gasteiger partial charge in [0.2, 0.25) is 10.0 Å². The molecule has 146 valence electrons. The number of sulfonamides is 1. The number of aromatic nitrogens is 2. The van der Waals surface area contributed by atoms with E-state index in [1.54, 1.807) is 35.3 Å². The van der Waals surface area contributed by atoms with Gasteiger partial charge in [-0.1, -0.05) is 17.7 Å². The van der Waals surface area contributed by atoms with Crippen LogP contribution in [0.4, 0.5) is 15.8 Å². The van der Waals surface area contributed by atoms with Gasteiger partial charge in [0.25, 0.3) is 0 Å². The molecule has 0 fully saturated rings. The van der Waals surface area contributed by atoms with Crippen LogP contribution in [0.25, 0.3) is 0 Å². The van der Waals surface area contributed by atoms with Crippen molar-refractivity contribution in [3.05, 3.63) is 71.3 Å². The highest BCUT2D eigenvalue weighted by Crippen LogP contribution is 2.19. The van der Waals surface area contributed by atoms with Gasteiger partial charge in [-0.25, -0.2) is 17.9 Å². The molecule has 0 aliphatic heterocycles. The molecule has 0 spiro atoms. The summed E-state index contributed by atoms with van der Waals surface area (Å²) < 4.78 is 37.3.